The van der Waals surface area contributed by atoms with Gasteiger partial charge in [-0.2, -0.15) is 0 Å². The number of rotatable bonds is 6. The second-order valence-electron chi connectivity index (χ2n) is 11.3. The standard InChI is InChI=1S/C42H31NSi/c1-5-17-32(18-6-1)33-19-15-22-35(31-33)43(34-20-7-2-8-21-34)39-28-16-30-41-42(39)38-27-13-14-29-40(38)44(41,36-23-9-3-10-24-36)37-25-11-4-12-26-37/h1-31H. The molecule has 7 aromatic rings. The van der Waals surface area contributed by atoms with Gasteiger partial charge in [0.1, 0.15) is 0 Å². The molecule has 0 spiro atoms. The van der Waals surface area contributed by atoms with Crippen LogP contribution in [0.3, 0.4) is 0 Å². The SMILES string of the molecule is c1ccc(-c2cccc(N(c3ccccc3)c3cccc4c3-c3ccccc3[Si]4(c3ccccc3)c3ccccc3)c2)cc1. The summed E-state index contributed by atoms with van der Waals surface area (Å²) in [6.07, 6.45) is 0. The highest BCUT2D eigenvalue weighted by Gasteiger charge is 2.49. The van der Waals surface area contributed by atoms with Gasteiger partial charge in [-0.05, 0) is 67.8 Å². The van der Waals surface area contributed by atoms with Crippen molar-refractivity contribution in [1.29, 1.82) is 0 Å². The molecule has 0 aromatic heterocycles. The molecule has 1 nitrogen and oxygen atoms in total. The fourth-order valence-electron chi connectivity index (χ4n) is 7.12. The van der Waals surface area contributed by atoms with Crippen molar-refractivity contribution in [2.24, 2.45) is 0 Å². The molecule has 7 aromatic carbocycles. The summed E-state index contributed by atoms with van der Waals surface area (Å²) >= 11 is 0. The van der Waals surface area contributed by atoms with Gasteiger partial charge >= 0.3 is 0 Å². The van der Waals surface area contributed by atoms with Crippen LogP contribution in [0, 0.1) is 0 Å². The van der Waals surface area contributed by atoms with E-state index in [2.05, 4.69) is 193 Å². The van der Waals surface area contributed by atoms with Crippen molar-refractivity contribution >= 4 is 45.9 Å². The zero-order chi connectivity index (χ0) is 29.3. The predicted molar refractivity (Wildman–Crippen MR) is 189 cm³/mol. The first-order chi connectivity index (χ1) is 21.9. The van der Waals surface area contributed by atoms with Crippen LogP contribution in [-0.4, -0.2) is 8.07 Å². The summed E-state index contributed by atoms with van der Waals surface area (Å²) in [5.74, 6) is 0. The van der Waals surface area contributed by atoms with Gasteiger partial charge in [-0.3, -0.25) is 0 Å². The first-order valence-corrected chi connectivity index (χ1v) is 17.2. The zero-order valence-electron chi connectivity index (χ0n) is 24.3. The molecule has 1 aliphatic heterocycles. The highest BCUT2D eigenvalue weighted by molar-refractivity contribution is 7.22. The summed E-state index contributed by atoms with van der Waals surface area (Å²) in [5, 5.41) is 5.71. The highest BCUT2D eigenvalue weighted by Crippen LogP contribution is 2.43. The fraction of sp³-hybridized carbons (Fsp3) is 0. The quantitative estimate of drug-likeness (QED) is 0.180. The van der Waals surface area contributed by atoms with Gasteiger partial charge in [0.2, 0.25) is 0 Å². The van der Waals surface area contributed by atoms with Gasteiger partial charge in [0.05, 0.1) is 5.69 Å². The summed E-state index contributed by atoms with van der Waals surface area (Å²) in [7, 11) is -2.60. The summed E-state index contributed by atoms with van der Waals surface area (Å²) in [4.78, 5) is 2.45. The van der Waals surface area contributed by atoms with E-state index in [9.17, 15) is 0 Å². The minimum absolute atomic E-state index is 1.14. The monoisotopic (exact) mass is 577 g/mol. The van der Waals surface area contributed by atoms with E-state index in [-0.39, 0.29) is 0 Å². The van der Waals surface area contributed by atoms with E-state index in [1.54, 1.807) is 0 Å². The number of hydrogen-bond donors (Lipinski definition) is 0. The van der Waals surface area contributed by atoms with E-state index >= 15 is 0 Å². The summed E-state index contributed by atoms with van der Waals surface area (Å²) in [5.41, 5.74) is 8.56. The van der Waals surface area contributed by atoms with Crippen LogP contribution < -0.4 is 25.6 Å². The Kier molecular flexibility index (Phi) is 6.55. The van der Waals surface area contributed by atoms with Crippen molar-refractivity contribution in [2.75, 3.05) is 4.90 Å². The van der Waals surface area contributed by atoms with Crippen LogP contribution in [0.5, 0.6) is 0 Å². The molecule has 0 bridgehead atoms. The van der Waals surface area contributed by atoms with E-state index in [0.717, 1.165) is 11.4 Å². The molecule has 8 rings (SSSR count). The number of hydrogen-bond acceptors (Lipinski definition) is 1. The molecule has 0 N–H and O–H groups in total. The zero-order valence-corrected chi connectivity index (χ0v) is 25.3. The summed E-state index contributed by atoms with van der Waals surface area (Å²) in [6, 6.07) is 68.9. The molecule has 208 valence electrons. The highest BCUT2D eigenvalue weighted by atomic mass is 28.3. The molecule has 0 saturated heterocycles. The predicted octanol–water partition coefficient (Wildman–Crippen LogP) is 8.18. The van der Waals surface area contributed by atoms with Crippen molar-refractivity contribution < 1.29 is 0 Å². The lowest BCUT2D eigenvalue weighted by Crippen LogP contribution is -2.72. The number of anilines is 3. The normalized spacial score (nSPS) is 12.7. The van der Waals surface area contributed by atoms with Gasteiger partial charge < -0.3 is 4.90 Å². The molecule has 0 saturated carbocycles. The second kappa shape index (κ2) is 11.0. The van der Waals surface area contributed by atoms with Crippen LogP contribution in [0.4, 0.5) is 17.1 Å². The maximum Gasteiger partial charge on any atom is 0.180 e. The molecule has 0 amide bonds. The Balaban J connectivity index is 1.44. The van der Waals surface area contributed by atoms with Gasteiger partial charge in [-0.1, -0.05) is 158 Å². The lowest BCUT2D eigenvalue weighted by Gasteiger charge is -2.32. The Labute approximate surface area is 260 Å². The van der Waals surface area contributed by atoms with Crippen molar-refractivity contribution in [3.8, 4) is 22.3 Å². The van der Waals surface area contributed by atoms with Crippen molar-refractivity contribution in [1.82, 2.24) is 0 Å². The third-order valence-electron chi connectivity index (χ3n) is 8.93. The lowest BCUT2D eigenvalue weighted by molar-refractivity contribution is 1.29. The van der Waals surface area contributed by atoms with Gasteiger partial charge in [0, 0.05) is 16.9 Å². The maximum atomic E-state index is 2.45. The minimum Gasteiger partial charge on any atom is -0.310 e. The van der Waals surface area contributed by atoms with E-state index in [1.807, 2.05) is 0 Å². The Morgan fingerprint density at radius 3 is 1.55 bits per heavy atom. The Hall–Kier alpha value is -5.44. The fourth-order valence-corrected chi connectivity index (χ4v) is 12.3. The molecular formula is C42H31NSi. The van der Waals surface area contributed by atoms with Gasteiger partial charge in [-0.15, -0.1) is 0 Å². The Morgan fingerprint density at radius 1 is 0.364 bits per heavy atom. The Morgan fingerprint density at radius 2 is 0.864 bits per heavy atom. The van der Waals surface area contributed by atoms with Gasteiger partial charge in [-0.25, -0.2) is 0 Å². The van der Waals surface area contributed by atoms with Crippen LogP contribution in [0.1, 0.15) is 0 Å². The van der Waals surface area contributed by atoms with Crippen molar-refractivity contribution in [3.63, 3.8) is 0 Å². The number of nitrogens with zero attached hydrogens (tertiary/aromatic N) is 1. The molecule has 0 aliphatic carbocycles. The molecular weight excluding hydrogens is 547 g/mol. The molecule has 44 heavy (non-hydrogen) atoms. The van der Waals surface area contributed by atoms with Crippen LogP contribution >= 0.6 is 0 Å². The number of para-hydroxylation sites is 1. The molecule has 1 aliphatic rings. The van der Waals surface area contributed by atoms with Crippen LogP contribution in [0.2, 0.25) is 0 Å². The van der Waals surface area contributed by atoms with Crippen LogP contribution in [-0.2, 0) is 0 Å². The minimum atomic E-state index is -2.60. The van der Waals surface area contributed by atoms with E-state index in [4.69, 9.17) is 0 Å². The maximum absolute atomic E-state index is 2.60. The summed E-state index contributed by atoms with van der Waals surface area (Å²) < 4.78 is 0. The molecule has 0 unspecified atom stereocenters. The summed E-state index contributed by atoms with van der Waals surface area (Å²) in [6.45, 7) is 0. The number of benzene rings is 7. The van der Waals surface area contributed by atoms with Crippen LogP contribution in [0.15, 0.2) is 188 Å². The third-order valence-corrected chi connectivity index (χ3v) is 13.8. The average molecular weight is 578 g/mol. The second-order valence-corrected chi connectivity index (χ2v) is 15.0. The molecule has 0 radical (unpaired) electrons. The molecule has 0 atom stereocenters. The lowest BCUT2D eigenvalue weighted by atomic mass is 10.0. The van der Waals surface area contributed by atoms with E-state index in [0.29, 0.717) is 0 Å². The van der Waals surface area contributed by atoms with Crippen LogP contribution in [0.25, 0.3) is 22.3 Å². The van der Waals surface area contributed by atoms with Crippen molar-refractivity contribution in [2.45, 2.75) is 0 Å². The first-order valence-electron chi connectivity index (χ1n) is 15.2. The van der Waals surface area contributed by atoms with E-state index < -0.39 is 8.07 Å². The molecule has 2 heteroatoms. The average Bonchev–Trinajstić information content (AvgIpc) is 3.42. The largest absolute Gasteiger partial charge is 0.310 e. The Bertz CT molecular complexity index is 2020. The van der Waals surface area contributed by atoms with Gasteiger partial charge in [0.25, 0.3) is 0 Å². The smallest absolute Gasteiger partial charge is 0.180 e. The van der Waals surface area contributed by atoms with E-state index in [1.165, 1.54) is 48.7 Å². The number of fused-ring (bicyclic) bond motifs is 3. The van der Waals surface area contributed by atoms with Crippen molar-refractivity contribution in [3.05, 3.63) is 188 Å². The first kappa shape index (κ1) is 26.2. The molecule has 1 heterocycles. The third kappa shape index (κ3) is 4.15. The molecule has 0 fully saturated rings. The van der Waals surface area contributed by atoms with Gasteiger partial charge in [0.15, 0.2) is 8.07 Å². The topological polar surface area (TPSA) is 3.24 Å².